The predicted octanol–water partition coefficient (Wildman–Crippen LogP) is 6.00. The van der Waals surface area contributed by atoms with E-state index in [-0.39, 0.29) is 0 Å². The lowest BCUT2D eigenvalue weighted by Crippen LogP contribution is -1.89. The van der Waals surface area contributed by atoms with Gasteiger partial charge in [0.1, 0.15) is 18.7 Å². The molecular weight excluding hydrogens is 348 g/mol. The van der Waals surface area contributed by atoms with Gasteiger partial charge in [-0.3, -0.25) is 7.91 Å². The standard InChI is InChI=1S/C16H10N2S4/c19-15-13-14(21-17(15)11-7-3-1-4-8-11)16(20)18(22-13)12-9-5-2-6-10-12/h1-10H. The van der Waals surface area contributed by atoms with Crippen molar-refractivity contribution < 1.29 is 0 Å². The zero-order valence-corrected chi connectivity index (χ0v) is 14.6. The molecule has 0 N–H and O–H groups in total. The average Bonchev–Trinajstić information content (AvgIpc) is 3.07. The van der Waals surface area contributed by atoms with Crippen molar-refractivity contribution >= 4 is 56.9 Å². The van der Waals surface area contributed by atoms with Gasteiger partial charge in [0.15, 0.2) is 0 Å². The van der Waals surface area contributed by atoms with Gasteiger partial charge in [0.05, 0.1) is 11.4 Å². The minimum Gasteiger partial charge on any atom is -0.254 e. The lowest BCUT2D eigenvalue weighted by Gasteiger charge is -2.02. The Bertz CT molecular complexity index is 965. The van der Waals surface area contributed by atoms with Crippen molar-refractivity contribution in [1.29, 1.82) is 0 Å². The van der Waals surface area contributed by atoms with Gasteiger partial charge in [-0.25, -0.2) is 0 Å². The molecule has 0 aliphatic carbocycles. The first-order chi connectivity index (χ1) is 10.8. The highest BCUT2D eigenvalue weighted by molar-refractivity contribution is 7.72. The number of fused-ring (bicyclic) bond motifs is 1. The monoisotopic (exact) mass is 358 g/mol. The Labute approximate surface area is 145 Å². The third kappa shape index (κ3) is 2.19. The number of aromatic nitrogens is 2. The van der Waals surface area contributed by atoms with E-state index in [9.17, 15) is 0 Å². The van der Waals surface area contributed by atoms with Crippen molar-refractivity contribution in [2.75, 3.05) is 0 Å². The minimum absolute atomic E-state index is 0.831. The lowest BCUT2D eigenvalue weighted by molar-refractivity contribution is 1.18. The Morgan fingerprint density at radius 2 is 0.955 bits per heavy atom. The van der Waals surface area contributed by atoms with Crippen molar-refractivity contribution in [1.82, 2.24) is 7.91 Å². The summed E-state index contributed by atoms with van der Waals surface area (Å²) in [5.41, 5.74) is 2.17. The summed E-state index contributed by atoms with van der Waals surface area (Å²) in [7, 11) is 0. The van der Waals surface area contributed by atoms with E-state index < -0.39 is 0 Å². The van der Waals surface area contributed by atoms with E-state index in [1.807, 2.05) is 36.4 Å². The molecule has 0 saturated heterocycles. The molecule has 4 rings (SSSR count). The Balaban J connectivity index is 1.96. The molecule has 2 heterocycles. The van der Waals surface area contributed by atoms with Crippen molar-refractivity contribution in [3.63, 3.8) is 0 Å². The fourth-order valence-corrected chi connectivity index (χ4v) is 5.47. The van der Waals surface area contributed by atoms with E-state index in [0.717, 1.165) is 30.1 Å². The van der Waals surface area contributed by atoms with Crippen molar-refractivity contribution in [2.45, 2.75) is 0 Å². The van der Waals surface area contributed by atoms with E-state index in [1.165, 1.54) is 0 Å². The Morgan fingerprint density at radius 3 is 1.32 bits per heavy atom. The second-order valence-corrected chi connectivity index (χ2v) is 7.40. The van der Waals surface area contributed by atoms with Gasteiger partial charge in [0, 0.05) is 0 Å². The maximum Gasteiger partial charge on any atom is 0.140 e. The van der Waals surface area contributed by atoms with Gasteiger partial charge in [0.25, 0.3) is 0 Å². The summed E-state index contributed by atoms with van der Waals surface area (Å²) in [6.07, 6.45) is 0. The second kappa shape index (κ2) is 5.55. The molecular formula is C16H10N2S4. The van der Waals surface area contributed by atoms with Gasteiger partial charge < -0.3 is 0 Å². The SMILES string of the molecule is S=c1c2sn(-c3ccccc3)c(=S)c2sn1-c1ccccc1. The molecule has 108 valence electrons. The smallest absolute Gasteiger partial charge is 0.140 e. The third-order valence-corrected chi connectivity index (χ3v) is 7.01. The van der Waals surface area contributed by atoms with Gasteiger partial charge in [-0.1, -0.05) is 60.8 Å². The van der Waals surface area contributed by atoms with Gasteiger partial charge in [0.2, 0.25) is 0 Å². The molecule has 0 bridgehead atoms. The van der Waals surface area contributed by atoms with Crippen LogP contribution in [0.4, 0.5) is 0 Å². The Kier molecular flexibility index (Phi) is 3.54. The molecule has 0 amide bonds. The van der Waals surface area contributed by atoms with Crippen LogP contribution < -0.4 is 0 Å². The highest BCUT2D eigenvalue weighted by Gasteiger charge is 2.13. The summed E-state index contributed by atoms with van der Waals surface area (Å²) in [5, 5.41) is 0. The topological polar surface area (TPSA) is 9.86 Å². The van der Waals surface area contributed by atoms with Crippen LogP contribution in [0.5, 0.6) is 0 Å². The zero-order valence-electron chi connectivity index (χ0n) is 11.3. The van der Waals surface area contributed by atoms with Crippen LogP contribution in [0.15, 0.2) is 60.7 Å². The predicted molar refractivity (Wildman–Crippen MR) is 100 cm³/mol. The third-order valence-electron chi connectivity index (χ3n) is 3.31. The van der Waals surface area contributed by atoms with E-state index in [1.54, 1.807) is 23.1 Å². The van der Waals surface area contributed by atoms with Crippen LogP contribution in [0.3, 0.4) is 0 Å². The summed E-state index contributed by atoms with van der Waals surface area (Å²) >= 11 is 14.5. The summed E-state index contributed by atoms with van der Waals surface area (Å²) in [4.78, 5) is 0. The Hall–Kier alpha value is -1.60. The molecule has 0 unspecified atom stereocenters. The maximum atomic E-state index is 5.66. The molecule has 0 spiro atoms. The highest BCUT2D eigenvalue weighted by atomic mass is 32.1. The first-order valence-electron chi connectivity index (χ1n) is 6.65. The molecule has 22 heavy (non-hydrogen) atoms. The second-order valence-electron chi connectivity index (χ2n) is 4.71. The van der Waals surface area contributed by atoms with E-state index in [4.69, 9.17) is 24.4 Å². The molecule has 2 nitrogen and oxygen atoms in total. The van der Waals surface area contributed by atoms with E-state index in [0.29, 0.717) is 0 Å². The fraction of sp³-hybridized carbons (Fsp3) is 0. The summed E-state index contributed by atoms with van der Waals surface area (Å²) < 4.78 is 7.97. The number of benzene rings is 2. The fourth-order valence-electron chi connectivity index (χ4n) is 2.27. The van der Waals surface area contributed by atoms with Crippen LogP contribution in [-0.2, 0) is 0 Å². The van der Waals surface area contributed by atoms with Crippen LogP contribution >= 0.6 is 47.5 Å². The first kappa shape index (κ1) is 14.0. The summed E-state index contributed by atoms with van der Waals surface area (Å²) in [6.45, 7) is 0. The number of rotatable bonds is 2. The lowest BCUT2D eigenvalue weighted by atomic mass is 10.3. The molecule has 0 fully saturated rings. The highest BCUT2D eigenvalue weighted by Crippen LogP contribution is 2.34. The summed E-state index contributed by atoms with van der Waals surface area (Å²) in [5.74, 6) is 0. The van der Waals surface area contributed by atoms with Gasteiger partial charge in [-0.2, -0.15) is 0 Å². The molecule has 0 atom stereocenters. The maximum absolute atomic E-state index is 5.66. The van der Waals surface area contributed by atoms with E-state index >= 15 is 0 Å². The normalized spacial score (nSPS) is 11.1. The number of hydrogen-bond acceptors (Lipinski definition) is 4. The van der Waals surface area contributed by atoms with Crippen LogP contribution in [0.2, 0.25) is 0 Å². The molecule has 0 radical (unpaired) electrons. The largest absolute Gasteiger partial charge is 0.254 e. The molecule has 2 aromatic heterocycles. The van der Waals surface area contributed by atoms with Crippen molar-refractivity contribution in [2.24, 2.45) is 0 Å². The minimum atomic E-state index is 0.831. The van der Waals surface area contributed by atoms with Crippen molar-refractivity contribution in [3.05, 3.63) is 69.9 Å². The summed E-state index contributed by atoms with van der Waals surface area (Å²) in [6, 6.07) is 20.3. The average molecular weight is 359 g/mol. The van der Waals surface area contributed by atoms with E-state index in [2.05, 4.69) is 32.2 Å². The van der Waals surface area contributed by atoms with Crippen LogP contribution in [-0.4, -0.2) is 7.91 Å². The number of para-hydroxylation sites is 2. The quantitative estimate of drug-likeness (QED) is 0.406. The molecule has 0 aliphatic heterocycles. The number of hydrogen-bond donors (Lipinski definition) is 0. The number of nitrogens with zero attached hydrogens (tertiary/aromatic N) is 2. The van der Waals surface area contributed by atoms with Crippen LogP contribution in [0.25, 0.3) is 20.8 Å². The van der Waals surface area contributed by atoms with Gasteiger partial charge >= 0.3 is 0 Å². The van der Waals surface area contributed by atoms with Gasteiger partial charge in [-0.05, 0) is 47.3 Å². The van der Waals surface area contributed by atoms with Crippen LogP contribution in [0, 0.1) is 9.28 Å². The first-order valence-corrected chi connectivity index (χ1v) is 9.01. The Morgan fingerprint density at radius 1 is 0.591 bits per heavy atom. The molecule has 6 heteroatoms. The zero-order chi connectivity index (χ0) is 15.1. The molecule has 4 aromatic rings. The molecule has 0 saturated carbocycles. The molecule has 0 aliphatic rings. The van der Waals surface area contributed by atoms with Crippen molar-refractivity contribution in [3.8, 4) is 11.4 Å². The molecule has 2 aromatic carbocycles. The van der Waals surface area contributed by atoms with Crippen LogP contribution in [0.1, 0.15) is 0 Å². The van der Waals surface area contributed by atoms with Gasteiger partial charge in [-0.15, -0.1) is 0 Å².